The van der Waals surface area contributed by atoms with Crippen LogP contribution in [0.4, 0.5) is 0 Å². The Labute approximate surface area is 175 Å². The van der Waals surface area contributed by atoms with Crippen molar-refractivity contribution in [2.24, 2.45) is 0 Å². The quantitative estimate of drug-likeness (QED) is 0.645. The van der Waals surface area contributed by atoms with Crippen molar-refractivity contribution in [2.45, 2.75) is 56.7 Å². The minimum atomic E-state index is -4.07. The molecule has 0 spiro atoms. The maximum absolute atomic E-state index is 13.1. The highest BCUT2D eigenvalue weighted by Gasteiger charge is 2.43. The van der Waals surface area contributed by atoms with Crippen molar-refractivity contribution in [3.63, 3.8) is 0 Å². The number of likely N-dealkylation sites (tertiary alicyclic amines) is 1. The van der Waals surface area contributed by atoms with E-state index in [0.717, 1.165) is 4.31 Å². The van der Waals surface area contributed by atoms with Crippen LogP contribution in [0.15, 0.2) is 21.6 Å². The second-order valence-electron chi connectivity index (χ2n) is 7.41. The van der Waals surface area contributed by atoms with E-state index >= 15 is 0 Å². The van der Waals surface area contributed by atoms with Crippen LogP contribution in [0.3, 0.4) is 0 Å². The van der Waals surface area contributed by atoms with E-state index in [-0.39, 0.29) is 41.9 Å². The average molecular weight is 442 g/mol. The molecule has 2 fully saturated rings. The van der Waals surface area contributed by atoms with E-state index in [1.807, 2.05) is 0 Å². The van der Waals surface area contributed by atoms with Gasteiger partial charge in [0.15, 0.2) is 0 Å². The minimum Gasteiger partial charge on any atom is -0.460 e. The lowest BCUT2D eigenvalue weighted by Gasteiger charge is -2.35. The van der Waals surface area contributed by atoms with Crippen molar-refractivity contribution in [3.8, 4) is 0 Å². The number of piperidine rings is 1. The van der Waals surface area contributed by atoms with E-state index in [4.69, 9.17) is 9.15 Å². The van der Waals surface area contributed by atoms with Crippen LogP contribution in [0, 0.1) is 0 Å². The Hall–Kier alpha value is -2.40. The molecule has 2 aliphatic heterocycles. The third-order valence-electron chi connectivity index (χ3n) is 5.32. The molecule has 1 atom stereocenters. The molecule has 30 heavy (non-hydrogen) atoms. The van der Waals surface area contributed by atoms with Crippen LogP contribution in [0.2, 0.25) is 0 Å². The van der Waals surface area contributed by atoms with Gasteiger partial charge in [0.1, 0.15) is 6.04 Å². The Bertz CT molecular complexity index is 903. The number of amides is 2. The van der Waals surface area contributed by atoms with Gasteiger partial charge < -0.3 is 19.4 Å². The van der Waals surface area contributed by atoms with E-state index in [9.17, 15) is 22.8 Å². The molecule has 10 nitrogen and oxygen atoms in total. The van der Waals surface area contributed by atoms with Crippen LogP contribution >= 0.6 is 0 Å². The summed E-state index contributed by atoms with van der Waals surface area (Å²) in [7, 11) is -4.07. The maximum atomic E-state index is 13.1. The van der Waals surface area contributed by atoms with Crippen molar-refractivity contribution in [2.75, 3.05) is 26.2 Å². The van der Waals surface area contributed by atoms with Crippen molar-refractivity contribution in [3.05, 3.63) is 17.9 Å². The summed E-state index contributed by atoms with van der Waals surface area (Å²) >= 11 is 0. The van der Waals surface area contributed by atoms with Crippen molar-refractivity contribution >= 4 is 27.8 Å². The lowest BCUT2D eigenvalue weighted by molar-refractivity contribution is -0.135. The standard InChI is InChI=1S/C19H27N3O7S/c1-3-28-19(25)16-6-7-17(29-16)30(26,27)22-10-4-5-15(22)18(24)21-11-8-14(9-12-21)20-13(2)23/h6-7,14-15H,3-5,8-12H2,1-2H3,(H,20,23). The highest BCUT2D eigenvalue weighted by Crippen LogP contribution is 2.29. The topological polar surface area (TPSA) is 126 Å². The predicted octanol–water partition coefficient (Wildman–Crippen LogP) is 0.737. The van der Waals surface area contributed by atoms with E-state index in [2.05, 4.69) is 5.32 Å². The van der Waals surface area contributed by atoms with Gasteiger partial charge in [0.2, 0.25) is 22.7 Å². The number of nitrogens with one attached hydrogen (secondary N) is 1. The van der Waals surface area contributed by atoms with Crippen LogP contribution in [0.1, 0.15) is 50.1 Å². The molecule has 2 aliphatic rings. The lowest BCUT2D eigenvalue weighted by atomic mass is 10.0. The first kappa shape index (κ1) is 22.3. The zero-order chi connectivity index (χ0) is 21.9. The lowest BCUT2D eigenvalue weighted by Crippen LogP contribution is -2.52. The zero-order valence-corrected chi connectivity index (χ0v) is 17.9. The van der Waals surface area contributed by atoms with Gasteiger partial charge in [-0.05, 0) is 44.7 Å². The maximum Gasteiger partial charge on any atom is 0.374 e. The summed E-state index contributed by atoms with van der Waals surface area (Å²) in [6.45, 7) is 4.36. The zero-order valence-electron chi connectivity index (χ0n) is 17.1. The Morgan fingerprint density at radius 2 is 1.87 bits per heavy atom. The molecule has 0 aromatic carbocycles. The molecule has 2 amide bonds. The molecule has 0 saturated carbocycles. The van der Waals surface area contributed by atoms with Crippen molar-refractivity contribution < 1.29 is 32.0 Å². The Morgan fingerprint density at radius 3 is 2.50 bits per heavy atom. The summed E-state index contributed by atoms with van der Waals surface area (Å²) in [4.78, 5) is 37.7. The van der Waals surface area contributed by atoms with E-state index < -0.39 is 22.0 Å². The fraction of sp³-hybridized carbons (Fsp3) is 0.632. The van der Waals surface area contributed by atoms with Gasteiger partial charge in [-0.1, -0.05) is 0 Å². The molecule has 0 aliphatic carbocycles. The van der Waals surface area contributed by atoms with Crippen LogP contribution in [0.5, 0.6) is 0 Å². The van der Waals surface area contributed by atoms with E-state index in [0.29, 0.717) is 38.8 Å². The molecule has 166 valence electrons. The second-order valence-corrected chi connectivity index (χ2v) is 9.23. The minimum absolute atomic E-state index is 0.0272. The molecule has 1 unspecified atom stereocenters. The predicted molar refractivity (Wildman–Crippen MR) is 105 cm³/mol. The Kier molecular flexibility index (Phi) is 6.81. The molecule has 3 rings (SSSR count). The second kappa shape index (κ2) is 9.17. The highest BCUT2D eigenvalue weighted by atomic mass is 32.2. The Morgan fingerprint density at radius 1 is 1.17 bits per heavy atom. The number of furan rings is 1. The first-order chi connectivity index (χ1) is 14.2. The molecule has 1 aromatic rings. The molecule has 3 heterocycles. The van der Waals surface area contributed by atoms with Gasteiger partial charge in [-0.2, -0.15) is 4.31 Å². The molecular formula is C19H27N3O7S. The van der Waals surface area contributed by atoms with Crippen LogP contribution < -0.4 is 5.32 Å². The summed E-state index contributed by atoms with van der Waals surface area (Å²) in [5.41, 5.74) is 0. The van der Waals surface area contributed by atoms with E-state index in [1.54, 1.807) is 11.8 Å². The largest absolute Gasteiger partial charge is 0.460 e. The molecule has 0 radical (unpaired) electrons. The van der Waals surface area contributed by atoms with Crippen LogP contribution in [-0.2, 0) is 24.3 Å². The van der Waals surface area contributed by atoms with Gasteiger partial charge in [-0.25, -0.2) is 13.2 Å². The fourth-order valence-electron chi connectivity index (χ4n) is 3.90. The van der Waals surface area contributed by atoms with Crippen molar-refractivity contribution in [1.82, 2.24) is 14.5 Å². The monoisotopic (exact) mass is 441 g/mol. The number of ether oxygens (including phenoxy) is 1. The first-order valence-corrected chi connectivity index (χ1v) is 11.5. The smallest absolute Gasteiger partial charge is 0.374 e. The SMILES string of the molecule is CCOC(=O)c1ccc(S(=O)(=O)N2CCCC2C(=O)N2CCC(NC(C)=O)CC2)o1. The third-order valence-corrected chi connectivity index (χ3v) is 7.11. The molecule has 2 saturated heterocycles. The van der Waals surface area contributed by atoms with Gasteiger partial charge >= 0.3 is 5.97 Å². The summed E-state index contributed by atoms with van der Waals surface area (Å²) in [5.74, 6) is -1.28. The molecule has 1 aromatic heterocycles. The normalized spacial score (nSPS) is 20.9. The molecule has 11 heteroatoms. The highest BCUT2D eigenvalue weighted by molar-refractivity contribution is 7.89. The van der Waals surface area contributed by atoms with Gasteiger partial charge in [0.05, 0.1) is 6.61 Å². The number of sulfonamides is 1. The van der Waals surface area contributed by atoms with Gasteiger partial charge in [-0.15, -0.1) is 0 Å². The molecular weight excluding hydrogens is 414 g/mol. The van der Waals surface area contributed by atoms with Crippen molar-refractivity contribution in [1.29, 1.82) is 0 Å². The summed E-state index contributed by atoms with van der Waals surface area (Å²) in [6, 6.07) is 1.69. The van der Waals surface area contributed by atoms with Gasteiger partial charge in [0.25, 0.3) is 10.0 Å². The number of carbonyl (C=O) groups is 3. The first-order valence-electron chi connectivity index (χ1n) is 10.1. The fourth-order valence-corrected chi connectivity index (χ4v) is 5.47. The van der Waals surface area contributed by atoms with Crippen LogP contribution in [0.25, 0.3) is 0 Å². The van der Waals surface area contributed by atoms with Gasteiger partial charge in [0, 0.05) is 32.6 Å². The van der Waals surface area contributed by atoms with Gasteiger partial charge in [-0.3, -0.25) is 9.59 Å². The average Bonchev–Trinajstić information content (AvgIpc) is 3.38. The Balaban J connectivity index is 1.70. The summed E-state index contributed by atoms with van der Waals surface area (Å²) < 4.78 is 37.3. The number of carbonyl (C=O) groups excluding carboxylic acids is 3. The van der Waals surface area contributed by atoms with Crippen LogP contribution in [-0.4, -0.2) is 73.7 Å². The number of hydrogen-bond donors (Lipinski definition) is 1. The molecule has 1 N–H and O–H groups in total. The number of rotatable bonds is 6. The number of esters is 1. The summed E-state index contributed by atoms with van der Waals surface area (Å²) in [5, 5.41) is 2.47. The summed E-state index contributed by atoms with van der Waals surface area (Å²) in [6.07, 6.45) is 2.25. The number of hydrogen-bond acceptors (Lipinski definition) is 7. The van der Waals surface area contributed by atoms with E-state index in [1.165, 1.54) is 19.1 Å². The molecule has 0 bridgehead atoms. The third kappa shape index (κ3) is 4.67. The number of nitrogens with zero attached hydrogens (tertiary/aromatic N) is 2.